The van der Waals surface area contributed by atoms with E-state index in [1.54, 1.807) is 5.51 Å². The Labute approximate surface area is 95.3 Å². The van der Waals surface area contributed by atoms with Gasteiger partial charge in [-0.05, 0) is 12.8 Å². The van der Waals surface area contributed by atoms with Gasteiger partial charge in [0.2, 0.25) is 0 Å². The van der Waals surface area contributed by atoms with Gasteiger partial charge in [-0.15, -0.1) is 11.3 Å². The Bertz CT molecular complexity index is 311. The maximum atomic E-state index is 11.9. The lowest BCUT2D eigenvalue weighted by atomic mass is 10.4. The van der Waals surface area contributed by atoms with Gasteiger partial charge in [0.1, 0.15) is 5.69 Å². The van der Waals surface area contributed by atoms with Crippen LogP contribution in [0.4, 0.5) is 0 Å². The number of thiazole rings is 1. The van der Waals surface area contributed by atoms with Crippen molar-refractivity contribution in [3.05, 3.63) is 16.6 Å². The normalized spacial score (nSPS) is 15.5. The van der Waals surface area contributed by atoms with Gasteiger partial charge in [0, 0.05) is 23.3 Å². The number of carbonyl (C=O) groups is 1. The minimum absolute atomic E-state index is 0.0770. The summed E-state index contributed by atoms with van der Waals surface area (Å²) in [4.78, 5) is 17.9. The average Bonchev–Trinajstić information content (AvgIpc) is 2.88. The van der Waals surface area contributed by atoms with E-state index in [-0.39, 0.29) is 5.91 Å². The van der Waals surface area contributed by atoms with Crippen LogP contribution in [-0.2, 0) is 0 Å². The predicted octanol–water partition coefficient (Wildman–Crippen LogP) is 2.14. The molecular formula is C9H11BrN2OS. The third-order valence-corrected chi connectivity index (χ3v) is 3.17. The first-order valence-corrected chi connectivity index (χ1v) is 6.64. The second kappa shape index (κ2) is 4.40. The summed E-state index contributed by atoms with van der Waals surface area (Å²) >= 11 is 4.83. The number of nitrogens with zero attached hydrogens (tertiary/aromatic N) is 2. The molecule has 76 valence electrons. The highest BCUT2D eigenvalue weighted by Gasteiger charge is 2.33. The van der Waals surface area contributed by atoms with Crippen LogP contribution in [0.15, 0.2) is 10.9 Å². The van der Waals surface area contributed by atoms with Crippen molar-refractivity contribution in [1.82, 2.24) is 9.88 Å². The van der Waals surface area contributed by atoms with E-state index in [2.05, 4.69) is 20.9 Å². The second-order valence-electron chi connectivity index (χ2n) is 3.29. The van der Waals surface area contributed by atoms with Crippen molar-refractivity contribution in [1.29, 1.82) is 0 Å². The maximum Gasteiger partial charge on any atom is 0.273 e. The number of aromatic nitrogens is 1. The molecule has 14 heavy (non-hydrogen) atoms. The molecule has 0 aliphatic heterocycles. The van der Waals surface area contributed by atoms with Gasteiger partial charge in [-0.2, -0.15) is 0 Å². The van der Waals surface area contributed by atoms with Crippen LogP contribution >= 0.6 is 27.3 Å². The van der Waals surface area contributed by atoms with Crippen LogP contribution in [0, 0.1) is 0 Å². The second-order valence-corrected chi connectivity index (χ2v) is 4.80. The molecule has 0 bridgehead atoms. The third-order valence-electron chi connectivity index (χ3n) is 2.23. The van der Waals surface area contributed by atoms with E-state index in [9.17, 15) is 4.79 Å². The predicted molar refractivity (Wildman–Crippen MR) is 60.0 cm³/mol. The SMILES string of the molecule is O=C(c1cscn1)N(CCBr)C1CC1. The quantitative estimate of drug-likeness (QED) is 0.789. The van der Waals surface area contributed by atoms with Crippen LogP contribution in [-0.4, -0.2) is 33.7 Å². The number of hydrogen-bond acceptors (Lipinski definition) is 3. The minimum Gasteiger partial charge on any atom is -0.333 e. The summed E-state index contributed by atoms with van der Waals surface area (Å²) in [6.07, 6.45) is 2.28. The van der Waals surface area contributed by atoms with E-state index in [0.29, 0.717) is 11.7 Å². The first-order valence-electron chi connectivity index (χ1n) is 4.58. The molecule has 0 spiro atoms. The first-order chi connectivity index (χ1) is 6.83. The molecule has 1 heterocycles. The molecule has 2 rings (SSSR count). The molecule has 1 aromatic heterocycles. The Morgan fingerprint density at radius 3 is 3.00 bits per heavy atom. The highest BCUT2D eigenvalue weighted by atomic mass is 79.9. The molecule has 0 unspecified atom stereocenters. The van der Waals surface area contributed by atoms with Gasteiger partial charge in [-0.1, -0.05) is 15.9 Å². The van der Waals surface area contributed by atoms with Crippen molar-refractivity contribution >= 4 is 33.2 Å². The maximum absolute atomic E-state index is 11.9. The fraction of sp³-hybridized carbons (Fsp3) is 0.556. The van der Waals surface area contributed by atoms with E-state index in [0.717, 1.165) is 24.7 Å². The number of carbonyl (C=O) groups excluding carboxylic acids is 1. The number of hydrogen-bond donors (Lipinski definition) is 0. The summed E-state index contributed by atoms with van der Waals surface area (Å²) < 4.78 is 0. The van der Waals surface area contributed by atoms with Gasteiger partial charge in [-0.25, -0.2) is 4.98 Å². The summed E-state index contributed by atoms with van der Waals surface area (Å²) in [5.74, 6) is 0.0770. The highest BCUT2D eigenvalue weighted by molar-refractivity contribution is 9.09. The Kier molecular flexibility index (Phi) is 3.18. The molecule has 1 amide bonds. The van der Waals surface area contributed by atoms with Gasteiger partial charge in [-0.3, -0.25) is 4.79 Å². The van der Waals surface area contributed by atoms with Crippen LogP contribution in [0.25, 0.3) is 0 Å². The smallest absolute Gasteiger partial charge is 0.273 e. The number of halogens is 1. The zero-order valence-electron chi connectivity index (χ0n) is 7.65. The number of amides is 1. The van der Waals surface area contributed by atoms with E-state index >= 15 is 0 Å². The van der Waals surface area contributed by atoms with Crippen LogP contribution < -0.4 is 0 Å². The van der Waals surface area contributed by atoms with Crippen LogP contribution in [0.2, 0.25) is 0 Å². The van der Waals surface area contributed by atoms with E-state index < -0.39 is 0 Å². The lowest BCUT2D eigenvalue weighted by Crippen LogP contribution is -2.34. The molecular weight excluding hydrogens is 264 g/mol. The standard InChI is InChI=1S/C9H11BrN2OS/c10-3-4-12(7-1-2-7)9(13)8-5-14-6-11-8/h5-7H,1-4H2. The summed E-state index contributed by atoms with van der Waals surface area (Å²) in [6.45, 7) is 0.779. The summed E-state index contributed by atoms with van der Waals surface area (Å²) in [5, 5.41) is 2.64. The van der Waals surface area contributed by atoms with Crippen molar-refractivity contribution in [2.24, 2.45) is 0 Å². The van der Waals surface area contributed by atoms with E-state index in [1.165, 1.54) is 11.3 Å². The Morgan fingerprint density at radius 2 is 2.50 bits per heavy atom. The molecule has 1 aliphatic rings. The molecule has 0 atom stereocenters. The molecule has 1 aliphatic carbocycles. The summed E-state index contributed by atoms with van der Waals surface area (Å²) in [5.41, 5.74) is 2.29. The molecule has 1 saturated carbocycles. The fourth-order valence-corrected chi connectivity index (χ4v) is 2.30. The molecule has 0 radical (unpaired) electrons. The number of alkyl halides is 1. The summed E-state index contributed by atoms with van der Waals surface area (Å²) in [6, 6.07) is 0.460. The van der Waals surface area contributed by atoms with Crippen LogP contribution in [0.5, 0.6) is 0 Å². The fourth-order valence-electron chi connectivity index (χ4n) is 1.39. The van der Waals surface area contributed by atoms with Crippen molar-refractivity contribution in [3.63, 3.8) is 0 Å². The minimum atomic E-state index is 0.0770. The van der Waals surface area contributed by atoms with Gasteiger partial charge in [0.15, 0.2) is 0 Å². The zero-order chi connectivity index (χ0) is 9.97. The zero-order valence-corrected chi connectivity index (χ0v) is 10.1. The summed E-state index contributed by atoms with van der Waals surface area (Å²) in [7, 11) is 0. The largest absolute Gasteiger partial charge is 0.333 e. The monoisotopic (exact) mass is 274 g/mol. The Balaban J connectivity index is 2.07. The molecule has 0 saturated heterocycles. The lowest BCUT2D eigenvalue weighted by Gasteiger charge is -2.19. The van der Waals surface area contributed by atoms with Crippen LogP contribution in [0.1, 0.15) is 23.3 Å². The molecule has 3 nitrogen and oxygen atoms in total. The Morgan fingerprint density at radius 1 is 1.71 bits per heavy atom. The van der Waals surface area contributed by atoms with Crippen molar-refractivity contribution < 1.29 is 4.79 Å². The van der Waals surface area contributed by atoms with E-state index in [4.69, 9.17) is 0 Å². The third kappa shape index (κ3) is 2.15. The van der Waals surface area contributed by atoms with Gasteiger partial charge in [0.25, 0.3) is 5.91 Å². The topological polar surface area (TPSA) is 33.2 Å². The molecule has 1 aromatic rings. The molecule has 0 N–H and O–H groups in total. The molecule has 1 fully saturated rings. The van der Waals surface area contributed by atoms with Gasteiger partial charge >= 0.3 is 0 Å². The van der Waals surface area contributed by atoms with Gasteiger partial charge < -0.3 is 4.90 Å². The Hall–Kier alpha value is -0.420. The number of rotatable bonds is 4. The molecule has 0 aromatic carbocycles. The van der Waals surface area contributed by atoms with Crippen LogP contribution in [0.3, 0.4) is 0 Å². The van der Waals surface area contributed by atoms with Crippen molar-refractivity contribution in [3.8, 4) is 0 Å². The van der Waals surface area contributed by atoms with Gasteiger partial charge in [0.05, 0.1) is 5.51 Å². The average molecular weight is 275 g/mol. The van der Waals surface area contributed by atoms with E-state index in [1.807, 2.05) is 10.3 Å². The highest BCUT2D eigenvalue weighted by Crippen LogP contribution is 2.28. The molecule has 5 heteroatoms. The lowest BCUT2D eigenvalue weighted by molar-refractivity contribution is 0.0749. The van der Waals surface area contributed by atoms with Crippen molar-refractivity contribution in [2.45, 2.75) is 18.9 Å². The van der Waals surface area contributed by atoms with Crippen molar-refractivity contribution in [2.75, 3.05) is 11.9 Å². The first kappa shape index (κ1) is 10.1.